The summed E-state index contributed by atoms with van der Waals surface area (Å²) >= 11 is 0. The van der Waals surface area contributed by atoms with Crippen LogP contribution in [0.5, 0.6) is 11.5 Å². The number of amides is 1. The summed E-state index contributed by atoms with van der Waals surface area (Å²) in [6.45, 7) is 1.12. The lowest BCUT2D eigenvalue weighted by Crippen LogP contribution is -2.32. The van der Waals surface area contributed by atoms with Crippen molar-refractivity contribution in [2.75, 3.05) is 14.2 Å². The van der Waals surface area contributed by atoms with E-state index in [-0.39, 0.29) is 11.9 Å². The summed E-state index contributed by atoms with van der Waals surface area (Å²) in [7, 11) is 3.28. The van der Waals surface area contributed by atoms with E-state index in [1.54, 1.807) is 25.2 Å². The summed E-state index contributed by atoms with van der Waals surface area (Å²) in [6, 6.07) is 13.6. The highest BCUT2D eigenvalue weighted by atomic mass is 16.5. The van der Waals surface area contributed by atoms with Crippen LogP contribution in [0.2, 0.25) is 0 Å². The van der Waals surface area contributed by atoms with Gasteiger partial charge in [0.05, 0.1) is 27.3 Å². The van der Waals surface area contributed by atoms with Gasteiger partial charge in [0.25, 0.3) is 5.91 Å². The number of methoxy groups -OCH3 is 2. The molecule has 0 saturated heterocycles. The second kappa shape index (κ2) is 8.34. The summed E-state index contributed by atoms with van der Waals surface area (Å²) in [5.74, 6) is 1.54. The lowest BCUT2D eigenvalue weighted by atomic mass is 10.1. The van der Waals surface area contributed by atoms with E-state index in [9.17, 15) is 4.79 Å². The molecule has 4 rings (SSSR count). The molecule has 1 fully saturated rings. The van der Waals surface area contributed by atoms with Gasteiger partial charge in [-0.1, -0.05) is 12.1 Å². The van der Waals surface area contributed by atoms with Crippen molar-refractivity contribution < 1.29 is 14.3 Å². The molecule has 3 aromatic rings. The molecule has 1 aliphatic rings. The van der Waals surface area contributed by atoms with Crippen molar-refractivity contribution in [2.24, 2.45) is 0 Å². The van der Waals surface area contributed by atoms with E-state index in [1.807, 2.05) is 47.4 Å². The highest BCUT2D eigenvalue weighted by Crippen LogP contribution is 2.33. The fraction of sp³-hybridized carbons (Fsp3) is 0.318. The van der Waals surface area contributed by atoms with Crippen molar-refractivity contribution >= 4 is 5.91 Å². The number of hydrogen-bond donors (Lipinski definition) is 0. The van der Waals surface area contributed by atoms with E-state index in [1.165, 1.54) is 6.33 Å². The zero-order chi connectivity index (χ0) is 20.2. The summed E-state index contributed by atoms with van der Waals surface area (Å²) in [5.41, 5.74) is 2.69. The molecular formula is C22H24N4O3. The zero-order valence-electron chi connectivity index (χ0n) is 16.6. The molecule has 7 nitrogen and oxygen atoms in total. The summed E-state index contributed by atoms with van der Waals surface area (Å²) in [6.07, 6.45) is 5.25. The quantitative estimate of drug-likeness (QED) is 0.589. The van der Waals surface area contributed by atoms with E-state index in [0.29, 0.717) is 18.7 Å². The molecule has 0 atom stereocenters. The van der Waals surface area contributed by atoms with Crippen LogP contribution in [0.4, 0.5) is 0 Å². The average molecular weight is 392 g/mol. The number of hydrogen-bond acceptors (Lipinski definition) is 5. The average Bonchev–Trinajstić information content (AvgIpc) is 3.47. The second-order valence-corrected chi connectivity index (χ2v) is 7.13. The first kappa shape index (κ1) is 19.0. The summed E-state index contributed by atoms with van der Waals surface area (Å²) in [4.78, 5) is 19.1. The van der Waals surface area contributed by atoms with Crippen LogP contribution in [0.1, 0.15) is 34.3 Å². The van der Waals surface area contributed by atoms with Gasteiger partial charge in [-0.25, -0.2) is 9.67 Å². The van der Waals surface area contributed by atoms with Crippen molar-refractivity contribution in [1.82, 2.24) is 19.7 Å². The Balaban J connectivity index is 1.52. The Morgan fingerprint density at radius 1 is 1.14 bits per heavy atom. The Morgan fingerprint density at radius 3 is 2.55 bits per heavy atom. The molecule has 0 aliphatic heterocycles. The Hall–Kier alpha value is -3.35. The molecule has 7 heteroatoms. The van der Waals surface area contributed by atoms with E-state index in [0.717, 1.165) is 35.5 Å². The first-order valence-corrected chi connectivity index (χ1v) is 9.61. The van der Waals surface area contributed by atoms with Crippen molar-refractivity contribution in [2.45, 2.75) is 32.0 Å². The standard InChI is InChI=1S/C22H24N4O3/c1-28-20-9-10-21(29-2)18(11-20)13-26(19-7-8-19)22(27)17-5-3-16(4-6-17)12-25-15-23-14-24-25/h3-6,9-11,14-15,19H,7-8,12-13H2,1-2H3. The van der Waals surface area contributed by atoms with Crippen LogP contribution in [0, 0.1) is 0 Å². The molecule has 1 heterocycles. The molecule has 1 aliphatic carbocycles. The molecule has 0 unspecified atom stereocenters. The van der Waals surface area contributed by atoms with Crippen LogP contribution in [-0.2, 0) is 13.1 Å². The smallest absolute Gasteiger partial charge is 0.254 e. The largest absolute Gasteiger partial charge is 0.497 e. The maximum absolute atomic E-state index is 13.2. The van der Waals surface area contributed by atoms with Gasteiger partial charge < -0.3 is 14.4 Å². The number of aromatic nitrogens is 3. The van der Waals surface area contributed by atoms with Crippen molar-refractivity contribution in [1.29, 1.82) is 0 Å². The van der Waals surface area contributed by atoms with Crippen molar-refractivity contribution in [3.05, 3.63) is 71.8 Å². The Kier molecular flexibility index (Phi) is 5.46. The Morgan fingerprint density at radius 2 is 1.93 bits per heavy atom. The fourth-order valence-corrected chi connectivity index (χ4v) is 3.36. The minimum atomic E-state index is 0.0321. The van der Waals surface area contributed by atoms with Crippen LogP contribution >= 0.6 is 0 Å². The van der Waals surface area contributed by atoms with Crippen LogP contribution in [-0.4, -0.2) is 45.8 Å². The first-order chi connectivity index (χ1) is 14.2. The number of nitrogens with zero attached hydrogens (tertiary/aromatic N) is 4. The third-order valence-electron chi connectivity index (χ3n) is 5.09. The third kappa shape index (κ3) is 4.39. The monoisotopic (exact) mass is 392 g/mol. The maximum atomic E-state index is 13.2. The number of rotatable bonds is 8. The molecule has 29 heavy (non-hydrogen) atoms. The van der Waals surface area contributed by atoms with Gasteiger partial charge in [-0.15, -0.1) is 0 Å². The van der Waals surface area contributed by atoms with Gasteiger partial charge in [-0.05, 0) is 48.7 Å². The minimum Gasteiger partial charge on any atom is -0.497 e. The number of carbonyl (C=O) groups is 1. The second-order valence-electron chi connectivity index (χ2n) is 7.13. The predicted octanol–water partition coefficient (Wildman–Crippen LogP) is 3.15. The highest BCUT2D eigenvalue weighted by Gasteiger charge is 2.33. The first-order valence-electron chi connectivity index (χ1n) is 9.61. The molecule has 1 saturated carbocycles. The highest BCUT2D eigenvalue weighted by molar-refractivity contribution is 5.94. The van der Waals surface area contributed by atoms with Gasteiger partial charge in [0.15, 0.2) is 0 Å². The topological polar surface area (TPSA) is 69.5 Å². The molecule has 1 aromatic heterocycles. The Labute approximate surface area is 169 Å². The normalized spacial score (nSPS) is 13.2. The minimum absolute atomic E-state index is 0.0321. The van der Waals surface area contributed by atoms with E-state index >= 15 is 0 Å². The van der Waals surface area contributed by atoms with Crippen LogP contribution in [0.3, 0.4) is 0 Å². The fourth-order valence-electron chi connectivity index (χ4n) is 3.36. The van der Waals surface area contributed by atoms with E-state index < -0.39 is 0 Å². The molecule has 1 amide bonds. The van der Waals surface area contributed by atoms with Gasteiger partial charge in [0, 0.05) is 17.2 Å². The number of carbonyl (C=O) groups excluding carboxylic acids is 1. The van der Waals surface area contributed by atoms with Gasteiger partial charge >= 0.3 is 0 Å². The van der Waals surface area contributed by atoms with Gasteiger partial charge in [-0.2, -0.15) is 5.10 Å². The van der Waals surface area contributed by atoms with Crippen molar-refractivity contribution in [3.63, 3.8) is 0 Å². The number of benzene rings is 2. The van der Waals surface area contributed by atoms with Crippen molar-refractivity contribution in [3.8, 4) is 11.5 Å². The van der Waals surface area contributed by atoms with Crippen LogP contribution < -0.4 is 9.47 Å². The van der Waals surface area contributed by atoms with Crippen LogP contribution in [0.15, 0.2) is 55.1 Å². The lowest BCUT2D eigenvalue weighted by Gasteiger charge is -2.24. The molecule has 0 bridgehead atoms. The molecule has 2 aromatic carbocycles. The third-order valence-corrected chi connectivity index (χ3v) is 5.09. The number of ether oxygens (including phenoxy) is 2. The lowest BCUT2D eigenvalue weighted by molar-refractivity contribution is 0.0728. The Bertz CT molecular complexity index is 966. The molecule has 0 spiro atoms. The van der Waals surface area contributed by atoms with Gasteiger partial charge in [0.1, 0.15) is 24.2 Å². The maximum Gasteiger partial charge on any atom is 0.254 e. The summed E-state index contributed by atoms with van der Waals surface area (Å²) < 4.78 is 12.6. The molecule has 0 radical (unpaired) electrons. The van der Waals surface area contributed by atoms with E-state index in [2.05, 4.69) is 10.1 Å². The van der Waals surface area contributed by atoms with Crippen LogP contribution in [0.25, 0.3) is 0 Å². The molecular weight excluding hydrogens is 368 g/mol. The summed E-state index contributed by atoms with van der Waals surface area (Å²) in [5, 5.41) is 4.11. The van der Waals surface area contributed by atoms with Gasteiger partial charge in [0.2, 0.25) is 0 Å². The molecule has 0 N–H and O–H groups in total. The van der Waals surface area contributed by atoms with Gasteiger partial charge in [-0.3, -0.25) is 4.79 Å². The van der Waals surface area contributed by atoms with E-state index in [4.69, 9.17) is 9.47 Å². The molecule has 150 valence electrons. The predicted molar refractivity (Wildman–Crippen MR) is 108 cm³/mol. The SMILES string of the molecule is COc1ccc(OC)c(CN(C(=O)c2ccc(Cn3cncn3)cc2)C2CC2)c1. The zero-order valence-corrected chi connectivity index (χ0v) is 16.6.